The highest BCUT2D eigenvalue weighted by Crippen LogP contribution is 2.37. The van der Waals surface area contributed by atoms with Gasteiger partial charge in [-0.15, -0.1) is 0 Å². The zero-order chi connectivity index (χ0) is 36.1. The first kappa shape index (κ1) is 39.5. The third-order valence-electron chi connectivity index (χ3n) is 8.19. The zero-order valence-electron chi connectivity index (χ0n) is 27.3. The topological polar surface area (TPSA) is 71.0 Å². The Morgan fingerprint density at radius 1 is 0.580 bits per heavy atom. The molecule has 6 rings (SSSR count). The average Bonchev–Trinajstić information content (AvgIpc) is 3.10. The minimum Gasteiger partial charge on any atom is -0.423 e. The maximum atomic E-state index is 13.1. The van der Waals surface area contributed by atoms with Gasteiger partial charge in [-0.1, -0.05) is 94.8 Å². The molecule has 0 aliphatic carbocycles. The lowest BCUT2D eigenvalue weighted by molar-refractivity contribution is -0.137. The summed E-state index contributed by atoms with van der Waals surface area (Å²) < 4.78 is 77.0. The summed E-state index contributed by atoms with van der Waals surface area (Å²) in [6, 6.07) is 26.0. The minimum atomic E-state index is -4.56. The zero-order valence-corrected chi connectivity index (χ0v) is 28.9. The third kappa shape index (κ3) is 12.5. The number of halogens is 7. The summed E-state index contributed by atoms with van der Waals surface area (Å²) >= 11 is 3.45. The first-order chi connectivity index (χ1) is 23.8. The fraction of sp³-hybridized carbons (Fsp3) is 0.333. The van der Waals surface area contributed by atoms with Crippen LogP contribution in [0.4, 0.5) is 26.3 Å². The summed E-state index contributed by atoms with van der Waals surface area (Å²) in [4.78, 5) is 4.83. The van der Waals surface area contributed by atoms with Crippen molar-refractivity contribution in [3.63, 3.8) is 0 Å². The molecule has 0 unspecified atom stereocenters. The largest absolute Gasteiger partial charge is 0.489 e. The molecule has 2 fully saturated rings. The Bertz CT molecular complexity index is 1600. The van der Waals surface area contributed by atoms with Crippen LogP contribution in [0.1, 0.15) is 22.3 Å². The normalized spacial score (nSPS) is 15.7. The van der Waals surface area contributed by atoms with Gasteiger partial charge in [-0.05, 0) is 45.9 Å². The lowest BCUT2D eigenvalue weighted by Gasteiger charge is -2.27. The van der Waals surface area contributed by atoms with E-state index in [2.05, 4.69) is 60.6 Å². The van der Waals surface area contributed by atoms with E-state index in [1.807, 2.05) is 12.1 Å². The number of hydrogen-bond donors (Lipinski definition) is 4. The summed E-state index contributed by atoms with van der Waals surface area (Å²) in [7, 11) is -2.10. The Labute approximate surface area is 297 Å². The average molecular weight is 765 g/mol. The van der Waals surface area contributed by atoms with Crippen molar-refractivity contribution in [2.75, 3.05) is 52.4 Å². The second kappa shape index (κ2) is 18.8. The van der Waals surface area contributed by atoms with Crippen LogP contribution in [0.2, 0.25) is 0 Å². The van der Waals surface area contributed by atoms with Gasteiger partial charge >= 0.3 is 19.5 Å². The Morgan fingerprint density at radius 3 is 1.44 bits per heavy atom. The van der Waals surface area contributed by atoms with Crippen LogP contribution in [0.3, 0.4) is 0 Å². The molecule has 4 aromatic rings. The van der Waals surface area contributed by atoms with Crippen LogP contribution in [0.15, 0.2) is 102 Å². The summed E-state index contributed by atoms with van der Waals surface area (Å²) in [5.41, 5.74) is 1.21. The molecule has 2 heterocycles. The summed E-state index contributed by atoms with van der Waals surface area (Å²) in [5.74, 6) is 0. The van der Waals surface area contributed by atoms with E-state index in [1.165, 1.54) is 29.8 Å². The highest BCUT2D eigenvalue weighted by Gasteiger charge is 2.35. The van der Waals surface area contributed by atoms with Gasteiger partial charge in [0.1, 0.15) is 0 Å². The molecular formula is C36H40BBrF6N4O2. The number of alkyl halides is 6. The number of piperazine rings is 2. The van der Waals surface area contributed by atoms with Crippen molar-refractivity contribution in [2.45, 2.75) is 25.4 Å². The second-order valence-corrected chi connectivity index (χ2v) is 12.8. The first-order valence-electron chi connectivity index (χ1n) is 16.2. The van der Waals surface area contributed by atoms with Gasteiger partial charge in [0.2, 0.25) is 0 Å². The number of hydrogen-bond acceptors (Lipinski definition) is 6. The Morgan fingerprint density at radius 2 is 1.00 bits per heavy atom. The molecular weight excluding hydrogens is 725 g/mol. The van der Waals surface area contributed by atoms with E-state index in [4.69, 9.17) is 10.0 Å². The number of nitrogens with one attached hydrogen (secondary N) is 2. The monoisotopic (exact) mass is 764 g/mol. The van der Waals surface area contributed by atoms with Gasteiger partial charge < -0.3 is 20.7 Å². The summed E-state index contributed by atoms with van der Waals surface area (Å²) in [6.45, 7) is 10.4. The molecule has 2 saturated heterocycles. The predicted molar refractivity (Wildman–Crippen MR) is 189 cm³/mol. The Balaban J connectivity index is 0.000000180. The molecule has 4 N–H and O–H groups in total. The number of rotatable bonds is 6. The van der Waals surface area contributed by atoms with Crippen LogP contribution < -0.4 is 16.1 Å². The molecule has 4 aromatic carbocycles. The molecule has 0 radical (unpaired) electrons. The van der Waals surface area contributed by atoms with Crippen LogP contribution >= 0.6 is 15.9 Å². The summed E-state index contributed by atoms with van der Waals surface area (Å²) in [5, 5.41) is 23.9. The van der Waals surface area contributed by atoms with E-state index in [-0.39, 0.29) is 5.56 Å². The second-order valence-electron chi connectivity index (χ2n) is 11.9. The summed E-state index contributed by atoms with van der Waals surface area (Å²) in [6.07, 6.45) is -8.89. The van der Waals surface area contributed by atoms with Crippen molar-refractivity contribution in [3.8, 4) is 11.1 Å². The molecule has 0 aromatic heterocycles. The van der Waals surface area contributed by atoms with Gasteiger partial charge in [-0.3, -0.25) is 9.80 Å². The van der Waals surface area contributed by atoms with E-state index >= 15 is 0 Å². The smallest absolute Gasteiger partial charge is 0.423 e. The Hall–Kier alpha value is -3.24. The van der Waals surface area contributed by atoms with Gasteiger partial charge in [0.15, 0.2) is 0 Å². The van der Waals surface area contributed by atoms with E-state index in [9.17, 15) is 26.3 Å². The van der Waals surface area contributed by atoms with Crippen molar-refractivity contribution < 1.29 is 36.4 Å². The van der Waals surface area contributed by atoms with E-state index in [0.717, 1.165) is 93.7 Å². The van der Waals surface area contributed by atoms with Gasteiger partial charge in [-0.25, -0.2) is 0 Å². The first-order valence-corrected chi connectivity index (χ1v) is 17.0. The third-order valence-corrected chi connectivity index (χ3v) is 8.72. The van der Waals surface area contributed by atoms with Crippen molar-refractivity contribution in [1.29, 1.82) is 0 Å². The fourth-order valence-electron chi connectivity index (χ4n) is 5.60. The maximum Gasteiger partial charge on any atom is 0.489 e. The molecule has 6 nitrogen and oxygen atoms in total. The quantitative estimate of drug-likeness (QED) is 0.143. The van der Waals surface area contributed by atoms with Crippen LogP contribution in [0, 0.1) is 0 Å². The molecule has 2 aliphatic heterocycles. The molecule has 0 spiro atoms. The highest BCUT2D eigenvalue weighted by molar-refractivity contribution is 9.10. The lowest BCUT2D eigenvalue weighted by Crippen LogP contribution is -2.42. The van der Waals surface area contributed by atoms with Crippen LogP contribution in [0.25, 0.3) is 11.1 Å². The van der Waals surface area contributed by atoms with Gasteiger partial charge in [-0.2, -0.15) is 26.3 Å². The molecule has 268 valence electrons. The predicted octanol–water partition coefficient (Wildman–Crippen LogP) is 6.02. The van der Waals surface area contributed by atoms with Crippen LogP contribution in [-0.2, 0) is 25.4 Å². The molecule has 0 atom stereocenters. The fourth-order valence-corrected chi connectivity index (χ4v) is 5.86. The van der Waals surface area contributed by atoms with E-state index < -0.39 is 36.1 Å². The van der Waals surface area contributed by atoms with Gasteiger partial charge in [0, 0.05) is 69.9 Å². The molecule has 0 bridgehead atoms. The molecule has 2 aliphatic rings. The standard InChI is InChI=1S/C18H19F3N2.C11H15BrN2.C7H6BF3O2/c19-18(20,21)17-4-2-1-3-16(17)15-7-5-14(6-8-15)13-23-11-9-22-10-12-23;12-11-3-1-10(2-4-11)9-14-7-5-13-6-8-14;9-7(10,11)5-3-1-2-4-6(5)8(12)13/h1-8,22H,9-13H2;1-4,13H,5-9H2;1-4,12-13H. The molecule has 0 saturated carbocycles. The van der Waals surface area contributed by atoms with Gasteiger partial charge in [0.25, 0.3) is 0 Å². The van der Waals surface area contributed by atoms with Crippen molar-refractivity contribution >= 4 is 28.5 Å². The molecule has 50 heavy (non-hydrogen) atoms. The highest BCUT2D eigenvalue weighted by atomic mass is 79.9. The van der Waals surface area contributed by atoms with Crippen molar-refractivity contribution in [2.24, 2.45) is 0 Å². The van der Waals surface area contributed by atoms with Crippen molar-refractivity contribution in [1.82, 2.24) is 20.4 Å². The van der Waals surface area contributed by atoms with Crippen LogP contribution in [0.5, 0.6) is 0 Å². The number of nitrogens with zero attached hydrogens (tertiary/aromatic N) is 2. The minimum absolute atomic E-state index is 0.230. The van der Waals surface area contributed by atoms with Crippen LogP contribution in [-0.4, -0.2) is 79.3 Å². The molecule has 14 heteroatoms. The Kier molecular flexibility index (Phi) is 14.9. The van der Waals surface area contributed by atoms with Gasteiger partial charge in [0.05, 0.1) is 11.1 Å². The maximum absolute atomic E-state index is 13.1. The number of benzene rings is 4. The molecule has 0 amide bonds. The lowest BCUT2D eigenvalue weighted by atomic mass is 9.77. The van der Waals surface area contributed by atoms with E-state index in [1.54, 1.807) is 18.2 Å². The van der Waals surface area contributed by atoms with Crippen molar-refractivity contribution in [3.05, 3.63) is 124 Å². The van der Waals surface area contributed by atoms with E-state index in [0.29, 0.717) is 5.56 Å². The SMILES string of the molecule is Brc1ccc(CN2CCNCC2)cc1.FC(F)(F)c1ccccc1-c1ccc(CN2CCNCC2)cc1.OB(O)c1ccccc1C(F)(F)F.